The number of rotatable bonds is 15. The van der Waals surface area contributed by atoms with Crippen LogP contribution in [0.4, 0.5) is 0 Å². The van der Waals surface area contributed by atoms with Gasteiger partial charge in [-0.15, -0.1) is 11.8 Å². The van der Waals surface area contributed by atoms with Crippen LogP contribution < -0.4 is 0 Å². The van der Waals surface area contributed by atoms with Gasteiger partial charge >= 0.3 is 0 Å². The van der Waals surface area contributed by atoms with Crippen molar-refractivity contribution in [3.8, 4) is 0 Å². The molecule has 0 fully saturated rings. The quantitative estimate of drug-likeness (QED) is 0.213. The average Bonchev–Trinajstić information content (AvgIpc) is 2.62. The number of hydrogen-bond donors (Lipinski definition) is 0. The van der Waals surface area contributed by atoms with E-state index in [1.165, 1.54) is 62.7 Å². The molecule has 0 heterocycles. The molecule has 0 aromatic heterocycles. The number of allylic oxidation sites excluding steroid dienone is 1. The predicted molar refractivity (Wildman–Crippen MR) is 126 cm³/mol. The van der Waals surface area contributed by atoms with Gasteiger partial charge in [-0.2, -0.15) is 0 Å². The third kappa shape index (κ3) is 14.0. The van der Waals surface area contributed by atoms with Crippen molar-refractivity contribution in [2.75, 3.05) is 5.75 Å². The first kappa shape index (κ1) is 24.3. The maximum atomic E-state index is 2.45. The zero-order valence-corrected chi connectivity index (χ0v) is 19.5. The SMILES string of the molecule is C/C(=C\CSc1ccccc1)CCCC(C)CCCC(C)CCCC(C)C. The Morgan fingerprint density at radius 3 is 1.96 bits per heavy atom. The van der Waals surface area contributed by atoms with Gasteiger partial charge in [0.2, 0.25) is 0 Å². The lowest BCUT2D eigenvalue weighted by Crippen LogP contribution is -2.00. The number of benzene rings is 1. The largest absolute Gasteiger partial charge is 0.122 e. The normalized spacial score (nSPS) is 14.5. The number of hydrogen-bond acceptors (Lipinski definition) is 1. The number of thioether (sulfide) groups is 1. The first-order chi connectivity index (χ1) is 13.0. The highest BCUT2D eigenvalue weighted by atomic mass is 32.2. The van der Waals surface area contributed by atoms with Crippen molar-refractivity contribution in [2.45, 2.75) is 97.3 Å². The molecule has 0 saturated heterocycles. The molecule has 0 aliphatic heterocycles. The monoisotopic (exact) mass is 388 g/mol. The van der Waals surface area contributed by atoms with Gasteiger partial charge in [-0.1, -0.05) is 102 Å². The fraction of sp³-hybridized carbons (Fsp3) is 0.692. The average molecular weight is 389 g/mol. The van der Waals surface area contributed by atoms with Crippen LogP contribution in [0.25, 0.3) is 0 Å². The molecule has 1 heteroatoms. The first-order valence-electron chi connectivity index (χ1n) is 11.3. The summed E-state index contributed by atoms with van der Waals surface area (Å²) in [7, 11) is 0. The van der Waals surface area contributed by atoms with Crippen LogP contribution in [-0.2, 0) is 0 Å². The van der Waals surface area contributed by atoms with Crippen LogP contribution in [0.3, 0.4) is 0 Å². The summed E-state index contributed by atoms with van der Waals surface area (Å²) in [6.45, 7) is 11.9. The Morgan fingerprint density at radius 2 is 1.37 bits per heavy atom. The Balaban J connectivity index is 2.03. The summed E-state index contributed by atoms with van der Waals surface area (Å²) in [6, 6.07) is 10.7. The Morgan fingerprint density at radius 1 is 0.815 bits per heavy atom. The highest BCUT2D eigenvalue weighted by molar-refractivity contribution is 7.99. The molecular formula is C26H44S. The second kappa shape index (κ2) is 15.3. The lowest BCUT2D eigenvalue weighted by molar-refractivity contribution is 0.389. The highest BCUT2D eigenvalue weighted by Crippen LogP contribution is 2.22. The van der Waals surface area contributed by atoms with Gasteiger partial charge in [0.15, 0.2) is 0 Å². The van der Waals surface area contributed by atoms with E-state index in [4.69, 9.17) is 0 Å². The van der Waals surface area contributed by atoms with Crippen molar-refractivity contribution in [3.63, 3.8) is 0 Å². The second-order valence-corrected chi connectivity index (χ2v) is 10.1. The van der Waals surface area contributed by atoms with Crippen LogP contribution in [0.15, 0.2) is 46.9 Å². The van der Waals surface area contributed by atoms with Crippen LogP contribution in [0.1, 0.15) is 92.4 Å². The van der Waals surface area contributed by atoms with Gasteiger partial charge in [-0.3, -0.25) is 0 Å². The van der Waals surface area contributed by atoms with Gasteiger partial charge in [0, 0.05) is 10.6 Å². The van der Waals surface area contributed by atoms with Crippen molar-refractivity contribution in [3.05, 3.63) is 42.0 Å². The molecule has 0 amide bonds. The third-order valence-electron chi connectivity index (χ3n) is 5.57. The molecule has 1 aromatic carbocycles. The molecule has 2 atom stereocenters. The van der Waals surface area contributed by atoms with Crippen molar-refractivity contribution in [2.24, 2.45) is 17.8 Å². The van der Waals surface area contributed by atoms with Crippen LogP contribution in [0.5, 0.6) is 0 Å². The van der Waals surface area contributed by atoms with Gasteiger partial charge in [-0.05, 0) is 49.7 Å². The summed E-state index contributed by atoms with van der Waals surface area (Å²) >= 11 is 1.93. The topological polar surface area (TPSA) is 0 Å². The molecular weight excluding hydrogens is 344 g/mol. The van der Waals surface area contributed by atoms with Crippen molar-refractivity contribution in [1.82, 2.24) is 0 Å². The molecule has 27 heavy (non-hydrogen) atoms. The van der Waals surface area contributed by atoms with Crippen LogP contribution in [-0.4, -0.2) is 5.75 Å². The van der Waals surface area contributed by atoms with E-state index in [1.807, 2.05) is 11.8 Å². The van der Waals surface area contributed by atoms with Gasteiger partial charge in [0.25, 0.3) is 0 Å². The van der Waals surface area contributed by atoms with Gasteiger partial charge in [0.1, 0.15) is 0 Å². The Hall–Kier alpha value is -0.690. The van der Waals surface area contributed by atoms with Crippen LogP contribution >= 0.6 is 11.8 Å². The summed E-state index contributed by atoms with van der Waals surface area (Å²) in [4.78, 5) is 1.37. The summed E-state index contributed by atoms with van der Waals surface area (Å²) in [5.74, 6) is 3.77. The van der Waals surface area contributed by atoms with Crippen molar-refractivity contribution < 1.29 is 0 Å². The van der Waals surface area contributed by atoms with E-state index in [2.05, 4.69) is 71.0 Å². The molecule has 0 aliphatic carbocycles. The summed E-state index contributed by atoms with van der Waals surface area (Å²) in [5.41, 5.74) is 1.56. The van der Waals surface area contributed by atoms with Crippen molar-refractivity contribution >= 4 is 11.8 Å². The van der Waals surface area contributed by atoms with E-state index in [0.29, 0.717) is 0 Å². The summed E-state index contributed by atoms with van der Waals surface area (Å²) < 4.78 is 0. The highest BCUT2D eigenvalue weighted by Gasteiger charge is 2.06. The van der Waals surface area contributed by atoms with Crippen LogP contribution in [0, 0.1) is 17.8 Å². The minimum Gasteiger partial charge on any atom is -0.122 e. The fourth-order valence-corrected chi connectivity index (χ4v) is 4.52. The minimum absolute atomic E-state index is 0.867. The van der Waals surface area contributed by atoms with Gasteiger partial charge in [-0.25, -0.2) is 0 Å². The van der Waals surface area contributed by atoms with Crippen molar-refractivity contribution in [1.29, 1.82) is 0 Å². The lowest BCUT2D eigenvalue weighted by atomic mass is 9.91. The molecule has 0 radical (unpaired) electrons. The zero-order chi connectivity index (χ0) is 19.9. The zero-order valence-electron chi connectivity index (χ0n) is 18.7. The molecule has 0 bridgehead atoms. The van der Waals surface area contributed by atoms with Gasteiger partial charge in [0.05, 0.1) is 0 Å². The van der Waals surface area contributed by atoms with E-state index < -0.39 is 0 Å². The molecule has 0 spiro atoms. The van der Waals surface area contributed by atoms with E-state index in [-0.39, 0.29) is 0 Å². The molecule has 2 unspecified atom stereocenters. The Bertz CT molecular complexity index is 488. The maximum absolute atomic E-state index is 2.45. The lowest BCUT2D eigenvalue weighted by Gasteiger charge is -2.15. The fourth-order valence-electron chi connectivity index (χ4n) is 3.61. The summed E-state index contributed by atoms with van der Waals surface area (Å²) in [5, 5.41) is 0. The molecule has 0 saturated carbocycles. The van der Waals surface area contributed by atoms with E-state index in [0.717, 1.165) is 23.5 Å². The molecule has 1 rings (SSSR count). The molecule has 1 aromatic rings. The van der Waals surface area contributed by atoms with E-state index in [9.17, 15) is 0 Å². The summed E-state index contributed by atoms with van der Waals surface area (Å²) in [6.07, 6.45) is 14.9. The minimum atomic E-state index is 0.867. The van der Waals surface area contributed by atoms with E-state index >= 15 is 0 Å². The molecule has 0 N–H and O–H groups in total. The third-order valence-corrected chi connectivity index (χ3v) is 6.50. The van der Waals surface area contributed by atoms with Crippen LogP contribution in [0.2, 0.25) is 0 Å². The van der Waals surface area contributed by atoms with E-state index in [1.54, 1.807) is 5.57 Å². The Kier molecular flexibility index (Phi) is 13.8. The molecule has 0 aliphatic rings. The maximum Gasteiger partial charge on any atom is 0.0163 e. The predicted octanol–water partition coefficient (Wildman–Crippen LogP) is 9.16. The standard InChI is InChI=1S/C26H44S/c1-22(2)12-9-13-23(3)14-10-15-24(4)16-11-17-25(5)20-21-27-26-18-7-6-8-19-26/h6-8,18-20,22-24H,9-17,21H2,1-5H3/b25-20+. The van der Waals surface area contributed by atoms with Gasteiger partial charge < -0.3 is 0 Å². The first-order valence-corrected chi connectivity index (χ1v) is 12.3. The molecule has 154 valence electrons. The molecule has 0 nitrogen and oxygen atoms in total. The smallest absolute Gasteiger partial charge is 0.0163 e. The Labute approximate surface area is 174 Å². The second-order valence-electron chi connectivity index (χ2n) is 9.03.